The van der Waals surface area contributed by atoms with Crippen molar-refractivity contribution in [3.8, 4) is 0 Å². The third kappa shape index (κ3) is 1.15. The van der Waals surface area contributed by atoms with E-state index in [2.05, 4.69) is 40.4 Å². The van der Waals surface area contributed by atoms with E-state index in [1.807, 2.05) is 0 Å². The molecule has 4 heteroatoms. The monoisotopic (exact) mass is 239 g/mol. The van der Waals surface area contributed by atoms with E-state index in [4.69, 9.17) is 7.85 Å². The van der Waals surface area contributed by atoms with Crippen LogP contribution in [0, 0.1) is 0 Å². The maximum Gasteiger partial charge on any atom is 0.105 e. The van der Waals surface area contributed by atoms with Crippen molar-refractivity contribution >= 4 is 19.2 Å². The lowest BCUT2D eigenvalue weighted by Crippen LogP contribution is -2.58. The van der Waals surface area contributed by atoms with Gasteiger partial charge in [-0.2, -0.15) is 0 Å². The fourth-order valence-corrected chi connectivity index (χ4v) is 3.92. The zero-order valence-electron chi connectivity index (χ0n) is 10.8. The molecule has 4 rings (SSSR count). The van der Waals surface area contributed by atoms with E-state index in [1.54, 1.807) is 0 Å². The Morgan fingerprint density at radius 2 is 2.28 bits per heavy atom. The van der Waals surface area contributed by atoms with Gasteiger partial charge in [0.15, 0.2) is 0 Å². The summed E-state index contributed by atoms with van der Waals surface area (Å²) in [6, 6.07) is 6.66. The van der Waals surface area contributed by atoms with Crippen LogP contribution in [0.2, 0.25) is 0 Å². The molecule has 0 aliphatic carbocycles. The lowest BCUT2D eigenvalue weighted by molar-refractivity contribution is 0.361. The van der Waals surface area contributed by atoms with Crippen molar-refractivity contribution in [1.82, 2.24) is 5.32 Å². The molecule has 1 N–H and O–H groups in total. The Balaban J connectivity index is 1.94. The summed E-state index contributed by atoms with van der Waals surface area (Å²) in [5, 5.41) is 3.50. The van der Waals surface area contributed by atoms with Gasteiger partial charge in [-0.1, -0.05) is 12.1 Å². The maximum absolute atomic E-state index is 6.79. The second-order valence-corrected chi connectivity index (χ2v) is 5.79. The molecule has 92 valence electrons. The van der Waals surface area contributed by atoms with E-state index in [-0.39, 0.29) is 5.44 Å². The minimum Gasteiger partial charge on any atom is -0.371 e. The van der Waals surface area contributed by atoms with Crippen molar-refractivity contribution in [2.45, 2.75) is 17.8 Å². The average molecular weight is 239 g/mol. The summed E-state index contributed by atoms with van der Waals surface area (Å²) in [7, 11) is 8.96. The molecule has 3 aliphatic rings. The number of benzene rings is 1. The summed E-state index contributed by atoms with van der Waals surface area (Å²) in [5.41, 5.74) is 4.01. The average Bonchev–Trinajstić information content (AvgIpc) is 2.64. The third-order valence-corrected chi connectivity index (χ3v) is 4.92. The Morgan fingerprint density at radius 1 is 1.39 bits per heavy atom. The zero-order chi connectivity index (χ0) is 12.3. The van der Waals surface area contributed by atoms with Gasteiger partial charge in [0.1, 0.15) is 7.85 Å². The van der Waals surface area contributed by atoms with Crippen molar-refractivity contribution in [2.75, 3.05) is 43.0 Å². The van der Waals surface area contributed by atoms with Gasteiger partial charge in [0.25, 0.3) is 0 Å². The largest absolute Gasteiger partial charge is 0.371 e. The number of hydrogen-bond acceptors (Lipinski definition) is 3. The molecule has 2 unspecified atom stereocenters. The topological polar surface area (TPSA) is 18.5 Å². The Morgan fingerprint density at radius 3 is 3.17 bits per heavy atom. The fraction of sp³-hybridized carbons (Fsp3) is 0.571. The number of likely N-dealkylation sites (N-methyl/N-ethyl adjacent to an activating group) is 1. The number of nitrogens with one attached hydrogen (secondary N) is 1. The summed E-state index contributed by atoms with van der Waals surface area (Å²) in [6.45, 7) is 4.15. The highest BCUT2D eigenvalue weighted by Gasteiger charge is 2.50. The molecule has 3 nitrogen and oxygen atoms in total. The van der Waals surface area contributed by atoms with E-state index in [9.17, 15) is 0 Å². The van der Waals surface area contributed by atoms with Gasteiger partial charge in [-0.05, 0) is 24.6 Å². The zero-order valence-corrected chi connectivity index (χ0v) is 10.8. The molecule has 1 aromatic rings. The number of rotatable bonds is 0. The quantitative estimate of drug-likeness (QED) is 0.678. The summed E-state index contributed by atoms with van der Waals surface area (Å²) >= 11 is 0. The van der Waals surface area contributed by atoms with Crippen LogP contribution in [0.5, 0.6) is 0 Å². The molecule has 18 heavy (non-hydrogen) atoms. The molecule has 0 aromatic heterocycles. The smallest absolute Gasteiger partial charge is 0.105 e. The third-order valence-electron chi connectivity index (χ3n) is 4.92. The summed E-state index contributed by atoms with van der Waals surface area (Å²) < 4.78 is 0. The van der Waals surface area contributed by atoms with Gasteiger partial charge in [-0.15, -0.1) is 0 Å². The maximum atomic E-state index is 6.79. The van der Waals surface area contributed by atoms with Crippen molar-refractivity contribution in [1.29, 1.82) is 0 Å². The van der Waals surface area contributed by atoms with E-state index >= 15 is 0 Å². The van der Waals surface area contributed by atoms with Crippen LogP contribution in [0.4, 0.5) is 11.4 Å². The number of anilines is 2. The van der Waals surface area contributed by atoms with Crippen LogP contribution in [-0.2, 0) is 0 Å². The van der Waals surface area contributed by atoms with Crippen LogP contribution < -0.4 is 15.1 Å². The number of nitrogens with zero attached hydrogens (tertiary/aromatic N) is 2. The van der Waals surface area contributed by atoms with Crippen molar-refractivity contribution in [3.05, 3.63) is 23.8 Å². The minimum absolute atomic E-state index is 0.162. The number of para-hydroxylation sites is 1. The molecule has 2 atom stereocenters. The molecular weight excluding hydrogens is 221 g/mol. The predicted octanol–water partition coefficient (Wildman–Crippen LogP) is 0.898. The second kappa shape index (κ2) is 3.44. The molecule has 0 spiro atoms. The fourth-order valence-electron chi connectivity index (χ4n) is 3.92. The van der Waals surface area contributed by atoms with Crippen LogP contribution in [-0.4, -0.2) is 46.5 Å². The van der Waals surface area contributed by atoms with Crippen LogP contribution in [0.3, 0.4) is 0 Å². The summed E-state index contributed by atoms with van der Waals surface area (Å²) in [5.74, 6) is 0.438. The normalized spacial score (nSPS) is 33.3. The van der Waals surface area contributed by atoms with E-state index in [0.29, 0.717) is 5.92 Å². The lowest BCUT2D eigenvalue weighted by atomic mass is 9.64. The molecule has 1 aromatic carbocycles. The first kappa shape index (κ1) is 10.7. The predicted molar refractivity (Wildman–Crippen MR) is 75.8 cm³/mol. The summed E-state index contributed by atoms with van der Waals surface area (Å²) in [6.07, 6.45) is 1.04. The van der Waals surface area contributed by atoms with Gasteiger partial charge in [0.2, 0.25) is 0 Å². The number of piperidine rings is 1. The van der Waals surface area contributed by atoms with E-state index in [1.165, 1.54) is 16.9 Å². The molecule has 0 saturated carbocycles. The van der Waals surface area contributed by atoms with Gasteiger partial charge in [-0.3, -0.25) is 0 Å². The van der Waals surface area contributed by atoms with Gasteiger partial charge < -0.3 is 15.1 Å². The molecule has 1 saturated heterocycles. The standard InChI is InChI=1S/C14H18BN3/c1-17-7-8-18-13-10(3-2-4-12(13)17)11-9-16-6-5-14(11,18)15/h2-4,11,16H,5-9H2,1H3. The van der Waals surface area contributed by atoms with E-state index in [0.717, 1.165) is 32.6 Å². The molecule has 3 aliphatic heterocycles. The van der Waals surface area contributed by atoms with Crippen LogP contribution >= 0.6 is 0 Å². The second-order valence-electron chi connectivity index (χ2n) is 5.79. The molecular formula is C14H18BN3. The van der Waals surface area contributed by atoms with Crippen molar-refractivity contribution < 1.29 is 0 Å². The number of hydrogen-bond donors (Lipinski definition) is 1. The first-order valence-corrected chi connectivity index (χ1v) is 6.83. The highest BCUT2D eigenvalue weighted by molar-refractivity contribution is 6.20. The first-order chi connectivity index (χ1) is 8.72. The molecule has 2 radical (unpaired) electrons. The summed E-state index contributed by atoms with van der Waals surface area (Å²) in [4.78, 5) is 4.83. The van der Waals surface area contributed by atoms with Crippen LogP contribution in [0.25, 0.3) is 0 Å². The molecule has 1 fully saturated rings. The molecule has 3 heterocycles. The van der Waals surface area contributed by atoms with Gasteiger partial charge in [0.05, 0.1) is 11.4 Å². The van der Waals surface area contributed by atoms with Crippen molar-refractivity contribution in [3.63, 3.8) is 0 Å². The van der Waals surface area contributed by atoms with Gasteiger partial charge >= 0.3 is 0 Å². The Labute approximate surface area is 110 Å². The highest BCUT2D eigenvalue weighted by atomic mass is 15.3. The Bertz CT molecular complexity index is 504. The molecule has 0 amide bonds. The van der Waals surface area contributed by atoms with Crippen LogP contribution in [0.15, 0.2) is 18.2 Å². The Kier molecular flexibility index (Phi) is 2.05. The highest BCUT2D eigenvalue weighted by Crippen LogP contribution is 2.53. The van der Waals surface area contributed by atoms with Gasteiger partial charge in [0, 0.05) is 38.0 Å². The number of fused-ring (bicyclic) bond motifs is 3. The molecule has 0 bridgehead atoms. The van der Waals surface area contributed by atoms with Crippen LogP contribution in [0.1, 0.15) is 17.9 Å². The minimum atomic E-state index is -0.162. The van der Waals surface area contributed by atoms with E-state index < -0.39 is 0 Å². The van der Waals surface area contributed by atoms with Gasteiger partial charge in [-0.25, -0.2) is 0 Å². The van der Waals surface area contributed by atoms with Crippen molar-refractivity contribution in [2.24, 2.45) is 0 Å². The first-order valence-electron chi connectivity index (χ1n) is 6.83. The Hall–Kier alpha value is -1.16. The lowest BCUT2D eigenvalue weighted by Gasteiger charge is -2.47. The SMILES string of the molecule is [B]C12CCNCC1c1cccc3c1N2CCN3C.